The Morgan fingerprint density at radius 1 is 1.53 bits per heavy atom. The molecule has 5 nitrogen and oxygen atoms in total. The van der Waals surface area contributed by atoms with Crippen molar-refractivity contribution in [2.45, 2.75) is 6.92 Å². The molecule has 0 spiro atoms. The van der Waals surface area contributed by atoms with Crippen LogP contribution in [0.2, 0.25) is 0 Å². The fourth-order valence-electron chi connectivity index (χ4n) is 1.15. The minimum atomic E-state index is -1.08. The second kappa shape index (κ2) is 4.04. The van der Waals surface area contributed by atoms with Gasteiger partial charge in [-0.2, -0.15) is 4.39 Å². The quantitative estimate of drug-likeness (QED) is 0.437. The van der Waals surface area contributed by atoms with Gasteiger partial charge in [0.15, 0.2) is 5.78 Å². The Kier molecular flexibility index (Phi) is 2.99. The molecule has 0 heterocycles. The summed E-state index contributed by atoms with van der Waals surface area (Å²) in [5.41, 5.74) is -1.11. The summed E-state index contributed by atoms with van der Waals surface area (Å²) in [5.74, 6) is -1.59. The van der Waals surface area contributed by atoms with Crippen LogP contribution in [0.3, 0.4) is 0 Å². The number of hydrogen-bond donors (Lipinski definition) is 0. The summed E-state index contributed by atoms with van der Waals surface area (Å²) in [6.07, 6.45) is 0. The lowest BCUT2D eigenvalue weighted by Crippen LogP contribution is -2.03. The van der Waals surface area contributed by atoms with Gasteiger partial charge in [0.05, 0.1) is 12.0 Å². The first-order valence-electron chi connectivity index (χ1n) is 4.00. The molecule has 15 heavy (non-hydrogen) atoms. The predicted octanol–water partition coefficient (Wildman–Crippen LogP) is 1.95. The highest BCUT2D eigenvalue weighted by Crippen LogP contribution is 2.28. The Balaban J connectivity index is 3.49. The molecule has 0 radical (unpaired) electrons. The van der Waals surface area contributed by atoms with E-state index in [0.29, 0.717) is 0 Å². The van der Waals surface area contributed by atoms with Gasteiger partial charge in [-0.1, -0.05) is 0 Å². The van der Waals surface area contributed by atoms with E-state index in [2.05, 4.69) is 0 Å². The predicted molar refractivity (Wildman–Crippen MR) is 49.6 cm³/mol. The van der Waals surface area contributed by atoms with Gasteiger partial charge in [-0.25, -0.2) is 0 Å². The van der Waals surface area contributed by atoms with E-state index in [-0.39, 0.29) is 11.3 Å². The number of Topliss-reactive ketones (excluding diaryl/α,β-unsaturated/α-hetero) is 1. The summed E-state index contributed by atoms with van der Waals surface area (Å²) in [7, 11) is 1.28. The number of nitro benzene ring substituents is 1. The highest BCUT2D eigenvalue weighted by atomic mass is 19.1. The monoisotopic (exact) mass is 213 g/mol. The van der Waals surface area contributed by atoms with Gasteiger partial charge in [-0.15, -0.1) is 0 Å². The minimum Gasteiger partial charge on any atom is -0.497 e. The van der Waals surface area contributed by atoms with Crippen molar-refractivity contribution in [1.82, 2.24) is 0 Å². The van der Waals surface area contributed by atoms with Crippen LogP contribution in [-0.2, 0) is 0 Å². The van der Waals surface area contributed by atoms with Crippen LogP contribution < -0.4 is 4.74 Å². The highest BCUT2D eigenvalue weighted by molar-refractivity contribution is 5.98. The molecule has 0 unspecified atom stereocenters. The molecule has 6 heteroatoms. The maximum absolute atomic E-state index is 13.2. The zero-order chi connectivity index (χ0) is 11.6. The van der Waals surface area contributed by atoms with E-state index in [1.165, 1.54) is 7.11 Å². The van der Waals surface area contributed by atoms with Gasteiger partial charge < -0.3 is 4.74 Å². The van der Waals surface area contributed by atoms with Crippen LogP contribution in [-0.4, -0.2) is 17.8 Å². The molecule has 0 saturated carbocycles. The van der Waals surface area contributed by atoms with Crippen LogP contribution in [0.25, 0.3) is 0 Å². The molecular formula is C9H8FNO4. The number of carbonyl (C=O) groups is 1. The van der Waals surface area contributed by atoms with Gasteiger partial charge in [0.1, 0.15) is 11.3 Å². The van der Waals surface area contributed by atoms with Crippen molar-refractivity contribution in [2.75, 3.05) is 7.11 Å². The van der Waals surface area contributed by atoms with E-state index in [1.807, 2.05) is 0 Å². The van der Waals surface area contributed by atoms with Crippen LogP contribution in [0, 0.1) is 15.9 Å². The van der Waals surface area contributed by atoms with Crippen molar-refractivity contribution < 1.29 is 18.8 Å². The average molecular weight is 213 g/mol. The number of carbonyl (C=O) groups excluding carboxylic acids is 1. The number of methoxy groups -OCH3 is 1. The van der Waals surface area contributed by atoms with E-state index in [1.54, 1.807) is 0 Å². The first kappa shape index (κ1) is 11.1. The fourth-order valence-corrected chi connectivity index (χ4v) is 1.15. The van der Waals surface area contributed by atoms with Crippen LogP contribution in [0.5, 0.6) is 5.75 Å². The fraction of sp³-hybridized carbons (Fsp3) is 0.222. The maximum Gasteiger partial charge on any atom is 0.315 e. The summed E-state index contributed by atoms with van der Waals surface area (Å²) in [6, 6.07) is 2.01. The number of nitrogens with zero attached hydrogens (tertiary/aromatic N) is 1. The average Bonchev–Trinajstić information content (AvgIpc) is 2.15. The SMILES string of the molecule is COc1cc(F)c([N+](=O)[O-])c(C(C)=O)c1. The van der Waals surface area contributed by atoms with E-state index < -0.39 is 22.2 Å². The molecule has 0 aliphatic carbocycles. The lowest BCUT2D eigenvalue weighted by atomic mass is 10.1. The lowest BCUT2D eigenvalue weighted by Gasteiger charge is -2.04. The van der Waals surface area contributed by atoms with Crippen molar-refractivity contribution >= 4 is 11.5 Å². The lowest BCUT2D eigenvalue weighted by molar-refractivity contribution is -0.387. The van der Waals surface area contributed by atoms with Gasteiger partial charge in [0.2, 0.25) is 5.82 Å². The van der Waals surface area contributed by atoms with Crippen LogP contribution in [0.4, 0.5) is 10.1 Å². The Hall–Kier alpha value is -1.98. The summed E-state index contributed by atoms with van der Waals surface area (Å²) >= 11 is 0. The third-order valence-corrected chi connectivity index (χ3v) is 1.83. The van der Waals surface area contributed by atoms with Gasteiger partial charge in [-0.05, 0) is 13.0 Å². The Morgan fingerprint density at radius 3 is 2.53 bits per heavy atom. The zero-order valence-electron chi connectivity index (χ0n) is 8.11. The van der Waals surface area contributed by atoms with Crippen LogP contribution >= 0.6 is 0 Å². The van der Waals surface area contributed by atoms with Crippen molar-refractivity contribution in [3.05, 3.63) is 33.6 Å². The summed E-state index contributed by atoms with van der Waals surface area (Å²) in [5, 5.41) is 10.5. The minimum absolute atomic E-state index is 0.0725. The molecule has 0 N–H and O–H groups in total. The van der Waals surface area contributed by atoms with Gasteiger partial charge >= 0.3 is 5.69 Å². The molecule has 0 atom stereocenters. The summed E-state index contributed by atoms with van der Waals surface area (Å²) in [4.78, 5) is 20.7. The Labute approximate surface area is 84.6 Å². The van der Waals surface area contributed by atoms with Crippen LogP contribution in [0.1, 0.15) is 17.3 Å². The van der Waals surface area contributed by atoms with E-state index in [4.69, 9.17) is 4.74 Å². The Morgan fingerprint density at radius 2 is 2.13 bits per heavy atom. The van der Waals surface area contributed by atoms with E-state index in [0.717, 1.165) is 19.1 Å². The molecular weight excluding hydrogens is 205 g/mol. The topological polar surface area (TPSA) is 69.4 Å². The van der Waals surface area contributed by atoms with Crippen LogP contribution in [0.15, 0.2) is 12.1 Å². The van der Waals surface area contributed by atoms with Gasteiger partial charge in [-0.3, -0.25) is 14.9 Å². The highest BCUT2D eigenvalue weighted by Gasteiger charge is 2.24. The number of rotatable bonds is 3. The smallest absolute Gasteiger partial charge is 0.315 e. The second-order valence-corrected chi connectivity index (χ2v) is 2.82. The second-order valence-electron chi connectivity index (χ2n) is 2.82. The standard InChI is InChI=1S/C9H8FNO4/c1-5(12)7-3-6(15-2)4-8(10)9(7)11(13)14/h3-4H,1-2H3. The third-order valence-electron chi connectivity index (χ3n) is 1.83. The number of ketones is 1. The summed E-state index contributed by atoms with van der Waals surface area (Å²) < 4.78 is 17.9. The largest absolute Gasteiger partial charge is 0.497 e. The number of benzene rings is 1. The molecule has 0 aromatic heterocycles. The van der Waals surface area contributed by atoms with Gasteiger partial charge in [0.25, 0.3) is 0 Å². The number of halogens is 1. The third kappa shape index (κ3) is 2.09. The van der Waals surface area contributed by atoms with E-state index in [9.17, 15) is 19.3 Å². The van der Waals surface area contributed by atoms with Crippen molar-refractivity contribution in [2.24, 2.45) is 0 Å². The molecule has 1 aromatic rings. The number of hydrogen-bond acceptors (Lipinski definition) is 4. The molecule has 1 aromatic carbocycles. The maximum atomic E-state index is 13.2. The summed E-state index contributed by atoms with van der Waals surface area (Å²) in [6.45, 7) is 1.13. The number of nitro groups is 1. The molecule has 80 valence electrons. The number of ether oxygens (including phenoxy) is 1. The molecule has 0 amide bonds. The first-order valence-corrected chi connectivity index (χ1v) is 4.00. The van der Waals surface area contributed by atoms with Crippen molar-refractivity contribution in [1.29, 1.82) is 0 Å². The van der Waals surface area contributed by atoms with E-state index >= 15 is 0 Å². The molecule has 1 rings (SSSR count). The molecule has 0 aliphatic rings. The van der Waals surface area contributed by atoms with Crippen molar-refractivity contribution in [3.8, 4) is 5.75 Å². The molecule has 0 aliphatic heterocycles. The molecule has 0 fully saturated rings. The molecule has 0 bridgehead atoms. The normalized spacial score (nSPS) is 9.80. The Bertz CT molecular complexity index is 430. The first-order chi connectivity index (χ1) is 6.97. The van der Waals surface area contributed by atoms with Gasteiger partial charge in [0, 0.05) is 6.07 Å². The zero-order valence-corrected chi connectivity index (χ0v) is 8.11. The molecule has 0 saturated heterocycles. The van der Waals surface area contributed by atoms with Crippen molar-refractivity contribution in [3.63, 3.8) is 0 Å².